The van der Waals surface area contributed by atoms with Crippen LogP contribution in [0.15, 0.2) is 48.8 Å². The lowest BCUT2D eigenvalue weighted by atomic mass is 10.1. The lowest BCUT2D eigenvalue weighted by molar-refractivity contribution is 0.590. The monoisotopic (exact) mass is 266 g/mol. The van der Waals surface area contributed by atoms with Crippen LogP contribution in [-0.2, 0) is 0 Å². The number of aromatic nitrogens is 2. The van der Waals surface area contributed by atoms with Crippen LogP contribution in [0.4, 0.5) is 8.78 Å². The maximum atomic E-state index is 14.1. The van der Waals surface area contributed by atoms with Gasteiger partial charge < -0.3 is 4.40 Å². The molecule has 0 unspecified atom stereocenters. The molecule has 0 N–H and O–H groups in total. The zero-order valence-corrected chi connectivity index (χ0v) is 10.3. The van der Waals surface area contributed by atoms with Crippen molar-refractivity contribution >= 4 is 32.8 Å². The Morgan fingerprint density at radius 3 is 2.55 bits per heavy atom. The van der Waals surface area contributed by atoms with Gasteiger partial charge in [-0.15, -0.1) is 0 Å². The predicted octanol–water partition coefficient (Wildman–Crippen LogP) is 4.21. The number of nitrogens with zero attached hydrogens (tertiary/aromatic N) is 2. The summed E-state index contributed by atoms with van der Waals surface area (Å²) < 4.78 is 31.5. The standard InChI is InChI=1S/C16H8F2N2/c17-9-7-11-14-10-3-1-2-4-13(10)19-5-6-20(16(14)19)15(11)12(18)8-9/h1-8H. The number of fused-ring (bicyclic) bond motifs is 6. The first-order valence-corrected chi connectivity index (χ1v) is 6.35. The number of halogens is 2. The summed E-state index contributed by atoms with van der Waals surface area (Å²) in [4.78, 5) is 0. The summed E-state index contributed by atoms with van der Waals surface area (Å²) in [6.07, 6.45) is 3.73. The third-order valence-electron chi connectivity index (χ3n) is 4.02. The minimum Gasteiger partial charge on any atom is -0.300 e. The molecule has 0 atom stereocenters. The van der Waals surface area contributed by atoms with Crippen molar-refractivity contribution in [1.82, 2.24) is 8.80 Å². The highest BCUT2D eigenvalue weighted by molar-refractivity contribution is 6.21. The largest absolute Gasteiger partial charge is 0.300 e. The van der Waals surface area contributed by atoms with Crippen LogP contribution in [0.1, 0.15) is 0 Å². The molecule has 96 valence electrons. The number of hydrogen-bond acceptors (Lipinski definition) is 0. The summed E-state index contributed by atoms with van der Waals surface area (Å²) in [6.45, 7) is 0. The first kappa shape index (κ1) is 10.2. The van der Waals surface area contributed by atoms with Crippen molar-refractivity contribution < 1.29 is 8.78 Å². The number of hydrogen-bond donors (Lipinski definition) is 0. The highest BCUT2D eigenvalue weighted by Crippen LogP contribution is 2.38. The Kier molecular flexibility index (Phi) is 1.58. The van der Waals surface area contributed by atoms with Gasteiger partial charge in [0.2, 0.25) is 0 Å². The van der Waals surface area contributed by atoms with Crippen LogP contribution < -0.4 is 0 Å². The Morgan fingerprint density at radius 2 is 1.65 bits per heavy atom. The van der Waals surface area contributed by atoms with E-state index in [9.17, 15) is 8.78 Å². The summed E-state index contributed by atoms with van der Waals surface area (Å²) in [5, 5.41) is 2.54. The molecule has 0 saturated heterocycles. The van der Waals surface area contributed by atoms with E-state index in [1.165, 1.54) is 6.07 Å². The van der Waals surface area contributed by atoms with Gasteiger partial charge in [0.25, 0.3) is 0 Å². The third kappa shape index (κ3) is 0.966. The molecular weight excluding hydrogens is 258 g/mol. The van der Waals surface area contributed by atoms with Crippen LogP contribution in [0, 0.1) is 11.6 Å². The van der Waals surface area contributed by atoms with Gasteiger partial charge in [-0.2, -0.15) is 0 Å². The van der Waals surface area contributed by atoms with Gasteiger partial charge in [-0.05, 0) is 12.1 Å². The Bertz CT molecular complexity index is 1120. The van der Waals surface area contributed by atoms with E-state index < -0.39 is 11.6 Å². The molecule has 2 aromatic carbocycles. The minimum absolute atomic E-state index is 0.435. The Labute approximate surface area is 111 Å². The molecule has 0 fully saturated rings. The Balaban J connectivity index is 2.26. The smallest absolute Gasteiger partial charge is 0.150 e. The number of rotatable bonds is 0. The van der Waals surface area contributed by atoms with Gasteiger partial charge in [-0.1, -0.05) is 18.2 Å². The van der Waals surface area contributed by atoms with Gasteiger partial charge in [0.15, 0.2) is 5.82 Å². The zero-order valence-electron chi connectivity index (χ0n) is 10.3. The van der Waals surface area contributed by atoms with Gasteiger partial charge in [0.1, 0.15) is 11.5 Å². The molecule has 3 heterocycles. The minimum atomic E-state index is -0.546. The predicted molar refractivity (Wildman–Crippen MR) is 74.5 cm³/mol. The van der Waals surface area contributed by atoms with Crippen molar-refractivity contribution in [2.24, 2.45) is 0 Å². The molecule has 0 saturated carbocycles. The topological polar surface area (TPSA) is 8.82 Å². The normalized spacial score (nSPS) is 12.5. The second-order valence-electron chi connectivity index (χ2n) is 5.04. The summed E-state index contributed by atoms with van der Waals surface area (Å²) in [6, 6.07) is 10.2. The molecule has 2 nitrogen and oxygen atoms in total. The van der Waals surface area contributed by atoms with E-state index in [1.807, 2.05) is 41.1 Å². The van der Waals surface area contributed by atoms with E-state index in [-0.39, 0.29) is 0 Å². The van der Waals surface area contributed by atoms with Crippen LogP contribution in [0.5, 0.6) is 0 Å². The maximum Gasteiger partial charge on any atom is 0.150 e. The van der Waals surface area contributed by atoms with E-state index in [1.54, 1.807) is 4.40 Å². The summed E-state index contributed by atoms with van der Waals surface area (Å²) in [5.41, 5.74) is 2.38. The molecule has 0 spiro atoms. The third-order valence-corrected chi connectivity index (χ3v) is 4.02. The van der Waals surface area contributed by atoms with Gasteiger partial charge >= 0.3 is 0 Å². The first-order valence-electron chi connectivity index (χ1n) is 6.35. The molecule has 0 aliphatic carbocycles. The quantitative estimate of drug-likeness (QED) is 0.397. The highest BCUT2D eigenvalue weighted by atomic mass is 19.1. The first-order chi connectivity index (χ1) is 9.75. The molecule has 4 heteroatoms. The van der Waals surface area contributed by atoms with Crippen LogP contribution >= 0.6 is 0 Å². The fourth-order valence-corrected chi connectivity index (χ4v) is 3.29. The van der Waals surface area contributed by atoms with Gasteiger partial charge in [-0.3, -0.25) is 4.40 Å². The summed E-state index contributed by atoms with van der Waals surface area (Å²) in [7, 11) is 0. The molecule has 3 aromatic heterocycles. The van der Waals surface area contributed by atoms with Crippen molar-refractivity contribution in [1.29, 1.82) is 0 Å². The fraction of sp³-hybridized carbons (Fsp3) is 0. The van der Waals surface area contributed by atoms with E-state index in [2.05, 4.69) is 0 Å². The molecule has 5 rings (SSSR count). The lowest BCUT2D eigenvalue weighted by Gasteiger charge is -1.96. The molecule has 0 aliphatic heterocycles. The van der Waals surface area contributed by atoms with Crippen LogP contribution in [0.3, 0.4) is 0 Å². The van der Waals surface area contributed by atoms with Crippen LogP contribution in [0.25, 0.3) is 32.8 Å². The fourth-order valence-electron chi connectivity index (χ4n) is 3.29. The summed E-state index contributed by atoms with van der Waals surface area (Å²) >= 11 is 0. The highest BCUT2D eigenvalue weighted by Gasteiger charge is 2.20. The molecule has 0 radical (unpaired) electrons. The molecular formula is C16H8F2N2. The Morgan fingerprint density at radius 1 is 0.850 bits per heavy atom. The molecule has 0 aliphatic rings. The average Bonchev–Trinajstić information content (AvgIpc) is 3.04. The number of benzene rings is 2. The molecule has 5 aromatic rings. The van der Waals surface area contributed by atoms with Gasteiger partial charge in [-0.25, -0.2) is 8.78 Å². The van der Waals surface area contributed by atoms with Gasteiger partial charge in [0.05, 0.1) is 11.0 Å². The Hall–Kier alpha value is -2.62. The second-order valence-corrected chi connectivity index (χ2v) is 5.04. The lowest BCUT2D eigenvalue weighted by Crippen LogP contribution is -1.85. The van der Waals surface area contributed by atoms with Crippen molar-refractivity contribution in [3.8, 4) is 0 Å². The van der Waals surface area contributed by atoms with Crippen molar-refractivity contribution in [2.45, 2.75) is 0 Å². The van der Waals surface area contributed by atoms with E-state index in [0.29, 0.717) is 10.9 Å². The van der Waals surface area contributed by atoms with Crippen molar-refractivity contribution in [2.75, 3.05) is 0 Å². The van der Waals surface area contributed by atoms with Crippen LogP contribution in [-0.4, -0.2) is 8.80 Å². The van der Waals surface area contributed by atoms with Gasteiger partial charge in [0, 0.05) is 34.6 Å². The zero-order chi connectivity index (χ0) is 13.4. The number of para-hydroxylation sites is 1. The number of imidazole rings is 1. The molecule has 0 amide bonds. The SMILES string of the molecule is Fc1cc(F)c2c(c1)c1c3ccccc3n3ccn2c13. The average molecular weight is 266 g/mol. The maximum absolute atomic E-state index is 14.1. The van der Waals surface area contributed by atoms with E-state index >= 15 is 0 Å². The van der Waals surface area contributed by atoms with E-state index in [0.717, 1.165) is 28.0 Å². The van der Waals surface area contributed by atoms with E-state index in [4.69, 9.17) is 0 Å². The van der Waals surface area contributed by atoms with Crippen molar-refractivity contribution in [3.05, 3.63) is 60.4 Å². The second kappa shape index (κ2) is 3.10. The molecule has 20 heavy (non-hydrogen) atoms. The summed E-state index contributed by atoms with van der Waals surface area (Å²) in [5.74, 6) is -1.08. The van der Waals surface area contributed by atoms with Crippen LogP contribution in [0.2, 0.25) is 0 Å². The van der Waals surface area contributed by atoms with Crippen molar-refractivity contribution in [3.63, 3.8) is 0 Å². The molecule has 0 bridgehead atoms.